The first-order valence-electron chi connectivity index (χ1n) is 9.50. The largest absolute Gasteiger partial charge is 0.465 e. The number of ether oxygens (including phenoxy) is 1. The van der Waals surface area contributed by atoms with Gasteiger partial charge in [-0.05, 0) is 50.2 Å². The van der Waals surface area contributed by atoms with Crippen LogP contribution in [0.25, 0.3) is 5.65 Å². The lowest BCUT2D eigenvalue weighted by atomic mass is 10.2. The molecule has 0 radical (unpaired) electrons. The first-order valence-corrected chi connectivity index (χ1v) is 9.50. The Labute approximate surface area is 168 Å². The van der Waals surface area contributed by atoms with Crippen molar-refractivity contribution in [2.24, 2.45) is 0 Å². The molecule has 2 heterocycles. The fraction of sp³-hybridized carbons (Fsp3) is 0.350. The lowest BCUT2D eigenvalue weighted by Crippen LogP contribution is -2.23. The van der Waals surface area contributed by atoms with Gasteiger partial charge in [-0.15, -0.1) is 15.3 Å². The van der Waals surface area contributed by atoms with Crippen LogP contribution in [0, 0.1) is 0 Å². The van der Waals surface area contributed by atoms with E-state index >= 15 is 0 Å². The molecule has 3 rings (SSSR count). The normalized spacial score (nSPS) is 10.7. The van der Waals surface area contributed by atoms with Crippen LogP contribution >= 0.6 is 0 Å². The predicted molar refractivity (Wildman–Crippen MR) is 109 cm³/mol. The molecule has 0 saturated carbocycles. The third-order valence-corrected chi connectivity index (χ3v) is 4.57. The molecule has 2 aromatic heterocycles. The van der Waals surface area contributed by atoms with E-state index in [0.717, 1.165) is 18.9 Å². The number of fused-ring (bicyclic) bond motifs is 1. The molecule has 9 heteroatoms. The van der Waals surface area contributed by atoms with Gasteiger partial charge < -0.3 is 15.0 Å². The van der Waals surface area contributed by atoms with Gasteiger partial charge in [-0.25, -0.2) is 4.79 Å². The summed E-state index contributed by atoms with van der Waals surface area (Å²) >= 11 is 0. The summed E-state index contributed by atoms with van der Waals surface area (Å²) in [5, 5.41) is 15.7. The van der Waals surface area contributed by atoms with E-state index in [4.69, 9.17) is 0 Å². The van der Waals surface area contributed by atoms with Crippen molar-refractivity contribution in [1.29, 1.82) is 0 Å². The van der Waals surface area contributed by atoms with Gasteiger partial charge in [-0.1, -0.05) is 0 Å². The highest BCUT2D eigenvalue weighted by molar-refractivity contribution is 5.93. The minimum atomic E-state index is -0.418. The number of methoxy groups -OCH3 is 1. The van der Waals surface area contributed by atoms with Gasteiger partial charge >= 0.3 is 5.97 Å². The van der Waals surface area contributed by atoms with Crippen molar-refractivity contribution in [2.45, 2.75) is 26.7 Å². The molecule has 1 amide bonds. The Kier molecular flexibility index (Phi) is 6.38. The molecule has 29 heavy (non-hydrogen) atoms. The maximum Gasteiger partial charge on any atom is 0.337 e. The molecular weight excluding hydrogens is 372 g/mol. The number of nitrogens with one attached hydrogen (secondary N) is 1. The predicted octanol–water partition coefficient (Wildman–Crippen LogP) is 2.33. The molecule has 1 aromatic carbocycles. The Morgan fingerprint density at radius 3 is 2.45 bits per heavy atom. The van der Waals surface area contributed by atoms with Crippen LogP contribution in [0.2, 0.25) is 0 Å². The zero-order valence-corrected chi connectivity index (χ0v) is 16.8. The van der Waals surface area contributed by atoms with E-state index < -0.39 is 5.97 Å². The number of benzene rings is 1. The van der Waals surface area contributed by atoms with Gasteiger partial charge in [-0.2, -0.15) is 4.52 Å². The van der Waals surface area contributed by atoms with E-state index in [2.05, 4.69) is 44.1 Å². The first kappa shape index (κ1) is 20.2. The topological polar surface area (TPSA) is 102 Å². The Morgan fingerprint density at radius 1 is 1.07 bits per heavy atom. The van der Waals surface area contributed by atoms with Gasteiger partial charge in [0.2, 0.25) is 5.91 Å². The van der Waals surface area contributed by atoms with Crippen molar-refractivity contribution in [3.8, 4) is 0 Å². The molecule has 9 nitrogen and oxygen atoms in total. The van der Waals surface area contributed by atoms with Crippen LogP contribution in [0.5, 0.6) is 0 Å². The average molecular weight is 396 g/mol. The highest BCUT2D eigenvalue weighted by Crippen LogP contribution is 2.14. The SMILES string of the molecule is CCN(CC)c1ccc2nnc(CCC(=O)Nc3ccc(C(=O)OC)cc3)n2n1. The highest BCUT2D eigenvalue weighted by Gasteiger charge is 2.12. The van der Waals surface area contributed by atoms with Crippen molar-refractivity contribution >= 4 is 29.0 Å². The lowest BCUT2D eigenvalue weighted by molar-refractivity contribution is -0.116. The van der Waals surface area contributed by atoms with Crippen molar-refractivity contribution < 1.29 is 14.3 Å². The van der Waals surface area contributed by atoms with Gasteiger partial charge in [0.15, 0.2) is 11.5 Å². The summed E-state index contributed by atoms with van der Waals surface area (Å²) in [4.78, 5) is 25.9. The second-order valence-electron chi connectivity index (χ2n) is 6.37. The number of hydrogen-bond donors (Lipinski definition) is 1. The van der Waals surface area contributed by atoms with E-state index in [-0.39, 0.29) is 12.3 Å². The lowest BCUT2D eigenvalue weighted by Gasteiger charge is -2.19. The third-order valence-electron chi connectivity index (χ3n) is 4.57. The average Bonchev–Trinajstić information content (AvgIpc) is 3.15. The van der Waals surface area contributed by atoms with Crippen molar-refractivity contribution in [3.63, 3.8) is 0 Å². The van der Waals surface area contributed by atoms with Crippen molar-refractivity contribution in [3.05, 3.63) is 47.8 Å². The molecule has 0 spiro atoms. The van der Waals surface area contributed by atoms with Gasteiger partial charge in [0.1, 0.15) is 5.82 Å². The minimum absolute atomic E-state index is 0.160. The standard InChI is InChI=1S/C20H24N6O3/c1-4-25(5-2)18-11-10-16-22-23-17(26(16)24-18)12-13-19(27)21-15-8-6-14(7-9-15)20(28)29-3/h6-11H,4-5,12-13H2,1-3H3,(H,21,27). The van der Waals surface area contributed by atoms with E-state index in [9.17, 15) is 9.59 Å². The number of rotatable bonds is 8. The molecular formula is C20H24N6O3. The molecule has 0 aliphatic carbocycles. The molecule has 1 N–H and O–H groups in total. The second kappa shape index (κ2) is 9.13. The second-order valence-corrected chi connectivity index (χ2v) is 6.37. The number of carbonyl (C=O) groups excluding carboxylic acids is 2. The van der Waals surface area contributed by atoms with Crippen LogP contribution in [0.3, 0.4) is 0 Å². The first-order chi connectivity index (χ1) is 14.0. The summed E-state index contributed by atoms with van der Waals surface area (Å²) in [6.45, 7) is 5.85. The van der Waals surface area contributed by atoms with Gasteiger partial charge in [-0.3, -0.25) is 4.79 Å². The monoisotopic (exact) mass is 396 g/mol. The van der Waals surface area contributed by atoms with Crippen LogP contribution < -0.4 is 10.2 Å². The van der Waals surface area contributed by atoms with Crippen LogP contribution in [0.4, 0.5) is 11.5 Å². The van der Waals surface area contributed by atoms with Crippen LogP contribution in [-0.4, -0.2) is 51.9 Å². The third kappa shape index (κ3) is 4.68. The van der Waals surface area contributed by atoms with Gasteiger partial charge in [0.25, 0.3) is 0 Å². The van der Waals surface area contributed by atoms with Crippen LogP contribution in [-0.2, 0) is 16.0 Å². The number of amides is 1. The molecule has 152 valence electrons. The summed E-state index contributed by atoms with van der Waals surface area (Å²) in [6.07, 6.45) is 0.638. The highest BCUT2D eigenvalue weighted by atomic mass is 16.5. The van der Waals surface area contributed by atoms with Crippen LogP contribution in [0.1, 0.15) is 36.5 Å². The van der Waals surface area contributed by atoms with Gasteiger partial charge in [0, 0.05) is 31.6 Å². The van der Waals surface area contributed by atoms with Crippen LogP contribution in [0.15, 0.2) is 36.4 Å². The zero-order valence-electron chi connectivity index (χ0n) is 16.8. The summed E-state index contributed by atoms with van der Waals surface area (Å²) in [6, 6.07) is 10.3. The smallest absolute Gasteiger partial charge is 0.337 e. The molecule has 0 atom stereocenters. The number of esters is 1. The van der Waals surface area contributed by atoms with E-state index in [1.165, 1.54) is 7.11 Å². The van der Waals surface area contributed by atoms with E-state index in [1.807, 2.05) is 12.1 Å². The molecule has 0 fully saturated rings. The summed E-state index contributed by atoms with van der Waals surface area (Å²) in [7, 11) is 1.33. The Balaban J connectivity index is 1.64. The molecule has 0 aliphatic heterocycles. The molecule has 0 saturated heterocycles. The van der Waals surface area contributed by atoms with E-state index in [0.29, 0.717) is 29.1 Å². The summed E-state index contributed by atoms with van der Waals surface area (Å²) in [5.41, 5.74) is 1.68. The maximum atomic E-state index is 12.3. The fourth-order valence-electron chi connectivity index (χ4n) is 2.95. The number of aromatic nitrogens is 4. The quantitative estimate of drug-likeness (QED) is 0.583. The summed E-state index contributed by atoms with van der Waals surface area (Å²) < 4.78 is 6.35. The molecule has 0 aliphatic rings. The Morgan fingerprint density at radius 2 is 1.79 bits per heavy atom. The van der Waals surface area contributed by atoms with Crippen molar-refractivity contribution in [1.82, 2.24) is 19.8 Å². The number of anilines is 2. The number of hydrogen-bond acceptors (Lipinski definition) is 7. The number of aryl methyl sites for hydroxylation is 1. The van der Waals surface area contributed by atoms with E-state index in [1.54, 1.807) is 28.8 Å². The Hall–Kier alpha value is -3.49. The molecule has 0 bridgehead atoms. The number of carbonyl (C=O) groups is 2. The Bertz CT molecular complexity index is 995. The molecule has 0 unspecified atom stereocenters. The molecule has 3 aromatic rings. The maximum absolute atomic E-state index is 12.3. The van der Waals surface area contributed by atoms with Crippen molar-refractivity contribution in [2.75, 3.05) is 30.4 Å². The minimum Gasteiger partial charge on any atom is -0.465 e. The zero-order chi connectivity index (χ0) is 20.8. The fourth-order valence-corrected chi connectivity index (χ4v) is 2.95. The summed E-state index contributed by atoms with van der Waals surface area (Å²) in [5.74, 6) is 0.898. The number of nitrogens with zero attached hydrogens (tertiary/aromatic N) is 5. The van der Waals surface area contributed by atoms with Gasteiger partial charge in [0.05, 0.1) is 12.7 Å².